The second kappa shape index (κ2) is 9.39. The summed E-state index contributed by atoms with van der Waals surface area (Å²) in [6.45, 7) is 1.71. The molecule has 0 spiro atoms. The number of anilines is 1. The highest BCUT2D eigenvalue weighted by Crippen LogP contribution is 2.23. The zero-order valence-electron chi connectivity index (χ0n) is 15.1. The molecule has 0 saturated carbocycles. The van der Waals surface area contributed by atoms with Gasteiger partial charge in [0.15, 0.2) is 6.61 Å². The van der Waals surface area contributed by atoms with Gasteiger partial charge in [-0.2, -0.15) is 0 Å². The number of rotatable bonds is 8. The van der Waals surface area contributed by atoms with Crippen LogP contribution in [0.2, 0.25) is 5.02 Å². The van der Waals surface area contributed by atoms with Crippen molar-refractivity contribution in [2.45, 2.75) is 18.8 Å². The minimum atomic E-state index is -0.494. The van der Waals surface area contributed by atoms with Crippen molar-refractivity contribution in [3.05, 3.63) is 69.1 Å². The number of nitrogens with zero attached hydrogens (tertiary/aromatic N) is 3. The van der Waals surface area contributed by atoms with E-state index in [-0.39, 0.29) is 35.1 Å². The number of halogens is 1. The number of carbonyl (C=O) groups is 1. The fraction of sp³-hybridized carbons (Fsp3) is 0.167. The van der Waals surface area contributed by atoms with E-state index in [9.17, 15) is 14.9 Å². The number of benzene rings is 2. The maximum Gasteiger partial charge on any atom is 0.277 e. The largest absolute Gasteiger partial charge is 0.484 e. The van der Waals surface area contributed by atoms with Crippen LogP contribution in [0, 0.1) is 17.0 Å². The SMILES string of the molecule is Cc1ccc(NC(=O)CSc2nnc(COc3ccc(Cl)cc3)o2)cc1[N+](=O)[O-]. The molecule has 9 nitrogen and oxygen atoms in total. The summed E-state index contributed by atoms with van der Waals surface area (Å²) in [6.07, 6.45) is 0. The smallest absolute Gasteiger partial charge is 0.277 e. The number of aromatic nitrogens is 2. The summed E-state index contributed by atoms with van der Waals surface area (Å²) in [5.74, 6) is 0.511. The second-order valence-corrected chi connectivity index (χ2v) is 7.16. The van der Waals surface area contributed by atoms with Crippen LogP contribution in [0.5, 0.6) is 5.75 Å². The molecule has 2 aromatic carbocycles. The van der Waals surface area contributed by atoms with Crippen LogP contribution in [0.25, 0.3) is 0 Å². The third kappa shape index (κ3) is 5.93. The van der Waals surface area contributed by atoms with E-state index >= 15 is 0 Å². The standard InChI is InChI=1S/C18H15ClN4O5S/c1-11-2-5-13(8-15(11)23(25)26)20-16(24)10-29-18-22-21-17(28-18)9-27-14-6-3-12(19)4-7-14/h2-8H,9-10H2,1H3,(H,20,24). The first kappa shape index (κ1) is 20.6. The summed E-state index contributed by atoms with van der Waals surface area (Å²) in [7, 11) is 0. The summed E-state index contributed by atoms with van der Waals surface area (Å²) in [5, 5.41) is 22.1. The number of carbonyl (C=O) groups excluding carboxylic acids is 1. The van der Waals surface area contributed by atoms with Crippen molar-refractivity contribution in [2.75, 3.05) is 11.1 Å². The Hall–Kier alpha value is -3.11. The Kier molecular flexibility index (Phi) is 6.68. The van der Waals surface area contributed by atoms with Crippen molar-refractivity contribution in [3.63, 3.8) is 0 Å². The average Bonchev–Trinajstić information content (AvgIpc) is 3.15. The number of amides is 1. The fourth-order valence-corrected chi connectivity index (χ4v) is 2.95. The predicted octanol–water partition coefficient (Wildman–Crippen LogP) is 4.25. The summed E-state index contributed by atoms with van der Waals surface area (Å²) < 4.78 is 10.9. The number of nitrogens with one attached hydrogen (secondary N) is 1. The fourth-order valence-electron chi connectivity index (χ4n) is 2.24. The first-order valence-corrected chi connectivity index (χ1v) is 9.65. The Morgan fingerprint density at radius 2 is 2.03 bits per heavy atom. The van der Waals surface area contributed by atoms with Gasteiger partial charge in [-0.05, 0) is 37.3 Å². The molecule has 1 amide bonds. The van der Waals surface area contributed by atoms with E-state index in [0.29, 0.717) is 22.0 Å². The topological polar surface area (TPSA) is 120 Å². The van der Waals surface area contributed by atoms with Crippen molar-refractivity contribution >= 4 is 40.6 Å². The van der Waals surface area contributed by atoms with Crippen molar-refractivity contribution in [3.8, 4) is 5.75 Å². The molecule has 3 aromatic rings. The molecule has 150 valence electrons. The lowest BCUT2D eigenvalue weighted by Crippen LogP contribution is -2.14. The Labute approximate surface area is 174 Å². The maximum absolute atomic E-state index is 12.1. The van der Waals surface area contributed by atoms with Gasteiger partial charge < -0.3 is 14.5 Å². The summed E-state index contributed by atoms with van der Waals surface area (Å²) in [6, 6.07) is 11.3. The molecule has 0 aliphatic rings. The highest BCUT2D eigenvalue weighted by atomic mass is 35.5. The summed E-state index contributed by atoms with van der Waals surface area (Å²) in [4.78, 5) is 22.6. The molecule has 3 rings (SSSR count). The molecular weight excluding hydrogens is 420 g/mol. The van der Waals surface area contributed by atoms with E-state index in [1.54, 1.807) is 43.3 Å². The minimum Gasteiger partial charge on any atom is -0.484 e. The quantitative estimate of drug-likeness (QED) is 0.317. The Morgan fingerprint density at radius 1 is 1.28 bits per heavy atom. The van der Waals surface area contributed by atoms with E-state index < -0.39 is 4.92 Å². The molecule has 0 saturated heterocycles. The van der Waals surface area contributed by atoms with Gasteiger partial charge in [-0.1, -0.05) is 29.4 Å². The number of hydrogen-bond donors (Lipinski definition) is 1. The van der Waals surface area contributed by atoms with Gasteiger partial charge in [0, 0.05) is 22.3 Å². The first-order chi connectivity index (χ1) is 13.9. The van der Waals surface area contributed by atoms with E-state index in [0.717, 1.165) is 11.8 Å². The number of ether oxygens (including phenoxy) is 1. The van der Waals surface area contributed by atoms with E-state index in [2.05, 4.69) is 15.5 Å². The zero-order chi connectivity index (χ0) is 20.8. The summed E-state index contributed by atoms with van der Waals surface area (Å²) in [5.41, 5.74) is 0.801. The maximum atomic E-state index is 12.1. The van der Waals surface area contributed by atoms with Crippen LogP contribution in [0.1, 0.15) is 11.5 Å². The van der Waals surface area contributed by atoms with E-state index in [4.69, 9.17) is 20.8 Å². The molecule has 0 aliphatic heterocycles. The number of nitro benzene ring substituents is 1. The second-order valence-electron chi connectivity index (χ2n) is 5.80. The monoisotopic (exact) mass is 434 g/mol. The molecule has 11 heteroatoms. The lowest BCUT2D eigenvalue weighted by molar-refractivity contribution is -0.385. The van der Waals surface area contributed by atoms with Crippen molar-refractivity contribution in [1.29, 1.82) is 0 Å². The van der Waals surface area contributed by atoms with Crippen LogP contribution >= 0.6 is 23.4 Å². The van der Waals surface area contributed by atoms with Crippen LogP contribution in [0.3, 0.4) is 0 Å². The van der Waals surface area contributed by atoms with Crippen molar-refractivity contribution in [2.24, 2.45) is 0 Å². The van der Waals surface area contributed by atoms with Gasteiger partial charge in [-0.3, -0.25) is 14.9 Å². The molecule has 1 aromatic heterocycles. The van der Waals surface area contributed by atoms with Gasteiger partial charge in [0.2, 0.25) is 5.91 Å². The van der Waals surface area contributed by atoms with Crippen molar-refractivity contribution < 1.29 is 18.9 Å². The zero-order valence-corrected chi connectivity index (χ0v) is 16.7. The van der Waals surface area contributed by atoms with Crippen LogP contribution in [-0.2, 0) is 11.4 Å². The molecule has 1 N–H and O–H groups in total. The highest BCUT2D eigenvalue weighted by molar-refractivity contribution is 7.99. The number of hydrogen-bond acceptors (Lipinski definition) is 8. The lowest BCUT2D eigenvalue weighted by atomic mass is 10.2. The van der Waals surface area contributed by atoms with Crippen LogP contribution in [-0.4, -0.2) is 26.8 Å². The number of thioether (sulfide) groups is 1. The Bertz CT molecular complexity index is 1030. The first-order valence-electron chi connectivity index (χ1n) is 8.29. The average molecular weight is 435 g/mol. The third-order valence-electron chi connectivity index (χ3n) is 3.64. The molecule has 1 heterocycles. The molecule has 0 fully saturated rings. The molecule has 0 radical (unpaired) electrons. The summed E-state index contributed by atoms with van der Waals surface area (Å²) >= 11 is 6.86. The Morgan fingerprint density at radius 3 is 2.76 bits per heavy atom. The van der Waals surface area contributed by atoms with Crippen LogP contribution in [0.4, 0.5) is 11.4 Å². The number of aryl methyl sites for hydroxylation is 1. The number of nitro groups is 1. The van der Waals surface area contributed by atoms with Gasteiger partial charge in [-0.15, -0.1) is 10.2 Å². The molecule has 0 atom stereocenters. The third-order valence-corrected chi connectivity index (χ3v) is 4.71. The van der Waals surface area contributed by atoms with Crippen LogP contribution in [0.15, 0.2) is 52.1 Å². The van der Waals surface area contributed by atoms with Gasteiger partial charge in [0.1, 0.15) is 5.75 Å². The highest BCUT2D eigenvalue weighted by Gasteiger charge is 2.14. The Balaban J connectivity index is 1.49. The van der Waals surface area contributed by atoms with Crippen LogP contribution < -0.4 is 10.1 Å². The normalized spacial score (nSPS) is 10.6. The lowest BCUT2D eigenvalue weighted by Gasteiger charge is -2.05. The molecule has 29 heavy (non-hydrogen) atoms. The molecular formula is C18H15ClN4O5S. The molecule has 0 unspecified atom stereocenters. The van der Waals surface area contributed by atoms with Gasteiger partial charge in [-0.25, -0.2) is 0 Å². The van der Waals surface area contributed by atoms with E-state index in [1.165, 1.54) is 6.07 Å². The van der Waals surface area contributed by atoms with Crippen molar-refractivity contribution in [1.82, 2.24) is 10.2 Å². The van der Waals surface area contributed by atoms with Gasteiger partial charge in [0.05, 0.1) is 10.7 Å². The molecule has 0 bridgehead atoms. The minimum absolute atomic E-state index is 0.00134. The molecule has 0 aliphatic carbocycles. The van der Waals surface area contributed by atoms with Gasteiger partial charge in [0.25, 0.3) is 16.8 Å². The van der Waals surface area contributed by atoms with Gasteiger partial charge >= 0.3 is 0 Å². The predicted molar refractivity (Wildman–Crippen MR) is 107 cm³/mol. The van der Waals surface area contributed by atoms with E-state index in [1.807, 2.05) is 0 Å².